The predicted molar refractivity (Wildman–Crippen MR) is 156 cm³/mol. The molecule has 0 aliphatic carbocycles. The van der Waals surface area contributed by atoms with Gasteiger partial charge in [0.05, 0.1) is 6.04 Å². The number of carbonyl (C=O) groups is 5. The first-order chi connectivity index (χ1) is 19.9. The number of phenols is 2. The summed E-state index contributed by atoms with van der Waals surface area (Å²) < 4.78 is 0. The van der Waals surface area contributed by atoms with Gasteiger partial charge in [-0.15, -0.1) is 0 Å². The molecule has 0 heterocycles. The van der Waals surface area contributed by atoms with E-state index in [-0.39, 0.29) is 43.6 Å². The highest BCUT2D eigenvalue weighted by atomic mass is 32.2. The van der Waals surface area contributed by atoms with Crippen molar-refractivity contribution in [3.8, 4) is 11.5 Å². The SMILES string of the molecule is CSCCC(NC(=O)C(Cc1ccc(O)cc1)NC(=O)C(Cc1ccc(O)cc1)NC(=O)C(N)CCC(N)=O)C(=O)O. The lowest BCUT2D eigenvalue weighted by atomic mass is 10.0. The Balaban J connectivity index is 2.32. The lowest BCUT2D eigenvalue weighted by Gasteiger charge is -2.25. The molecule has 0 aliphatic heterocycles. The summed E-state index contributed by atoms with van der Waals surface area (Å²) in [5, 5.41) is 36.5. The van der Waals surface area contributed by atoms with Gasteiger partial charge in [0.25, 0.3) is 0 Å². The molecule has 0 aromatic heterocycles. The fourth-order valence-corrected chi connectivity index (χ4v) is 4.37. The van der Waals surface area contributed by atoms with Crippen LogP contribution in [0.4, 0.5) is 0 Å². The van der Waals surface area contributed by atoms with Crippen LogP contribution in [-0.4, -0.2) is 81.1 Å². The molecule has 13 nitrogen and oxygen atoms in total. The average molecular weight is 604 g/mol. The number of carbonyl (C=O) groups excluding carboxylic acids is 4. The summed E-state index contributed by atoms with van der Waals surface area (Å²) in [7, 11) is 0. The number of nitrogens with two attached hydrogens (primary N) is 2. The molecule has 0 aliphatic rings. The second kappa shape index (κ2) is 16.8. The van der Waals surface area contributed by atoms with E-state index in [2.05, 4.69) is 16.0 Å². The Kier molecular flexibility index (Phi) is 13.6. The Labute approximate surface area is 247 Å². The van der Waals surface area contributed by atoms with Crippen LogP contribution in [0.3, 0.4) is 0 Å². The maximum atomic E-state index is 13.6. The van der Waals surface area contributed by atoms with Crippen molar-refractivity contribution in [2.75, 3.05) is 12.0 Å². The number of phenolic OH excluding ortho intramolecular Hbond substituents is 2. The van der Waals surface area contributed by atoms with Crippen molar-refractivity contribution in [3.63, 3.8) is 0 Å². The first kappa shape index (κ1) is 33.9. The Morgan fingerprint density at radius 2 is 1.17 bits per heavy atom. The number of carboxylic acids is 1. The topological polar surface area (TPSA) is 234 Å². The third kappa shape index (κ3) is 11.7. The number of benzene rings is 2. The molecule has 0 radical (unpaired) electrons. The molecule has 0 saturated heterocycles. The van der Waals surface area contributed by atoms with Crippen LogP contribution in [0, 0.1) is 0 Å². The van der Waals surface area contributed by atoms with E-state index in [9.17, 15) is 39.3 Å². The van der Waals surface area contributed by atoms with Crippen molar-refractivity contribution in [1.82, 2.24) is 16.0 Å². The van der Waals surface area contributed by atoms with Crippen LogP contribution in [-0.2, 0) is 36.8 Å². The van der Waals surface area contributed by atoms with Crippen molar-refractivity contribution >= 4 is 41.4 Å². The van der Waals surface area contributed by atoms with Crippen molar-refractivity contribution in [2.45, 2.75) is 56.3 Å². The summed E-state index contributed by atoms with van der Waals surface area (Å²) in [6.07, 6.45) is 1.68. The lowest BCUT2D eigenvalue weighted by molar-refractivity contribution is -0.142. The molecule has 4 atom stereocenters. The smallest absolute Gasteiger partial charge is 0.326 e. The molecule has 10 N–H and O–H groups in total. The van der Waals surface area contributed by atoms with Gasteiger partial charge in [-0.1, -0.05) is 24.3 Å². The van der Waals surface area contributed by atoms with Crippen molar-refractivity contribution in [3.05, 3.63) is 59.7 Å². The zero-order valence-electron chi connectivity index (χ0n) is 23.1. The zero-order chi connectivity index (χ0) is 31.2. The van der Waals surface area contributed by atoms with Gasteiger partial charge in [0, 0.05) is 19.3 Å². The summed E-state index contributed by atoms with van der Waals surface area (Å²) in [5.41, 5.74) is 12.2. The molecule has 2 aromatic rings. The Hall–Kier alpha value is -4.30. The first-order valence-electron chi connectivity index (χ1n) is 13.1. The van der Waals surface area contributed by atoms with E-state index in [0.717, 1.165) is 0 Å². The molecule has 2 aromatic carbocycles. The number of nitrogens with one attached hydrogen (secondary N) is 3. The van der Waals surface area contributed by atoms with E-state index in [4.69, 9.17) is 11.5 Å². The Morgan fingerprint density at radius 3 is 1.57 bits per heavy atom. The molecule has 0 saturated carbocycles. The number of hydrogen-bond donors (Lipinski definition) is 8. The molecule has 4 unspecified atom stereocenters. The van der Waals surface area contributed by atoms with Gasteiger partial charge in [0.1, 0.15) is 29.6 Å². The number of aromatic hydroxyl groups is 2. The number of carboxylic acid groups (broad SMARTS) is 1. The number of amides is 4. The predicted octanol–water partition coefficient (Wildman–Crippen LogP) is -0.232. The molecule has 2 rings (SSSR count). The molecule has 42 heavy (non-hydrogen) atoms. The normalized spacial score (nSPS) is 13.7. The highest BCUT2D eigenvalue weighted by molar-refractivity contribution is 7.98. The monoisotopic (exact) mass is 603 g/mol. The zero-order valence-corrected chi connectivity index (χ0v) is 23.9. The second-order valence-electron chi connectivity index (χ2n) is 9.66. The number of hydrogen-bond acceptors (Lipinski definition) is 9. The summed E-state index contributed by atoms with van der Waals surface area (Å²) >= 11 is 1.42. The standard InChI is InChI=1S/C28H37N5O8S/c1-42-13-12-21(28(40)41)31-26(38)23(15-17-4-8-19(35)9-5-17)33-27(39)22(14-16-2-6-18(34)7-3-16)32-25(37)20(29)10-11-24(30)36/h2-9,20-23,34-35H,10-15,29H2,1H3,(H2,30,36)(H,31,38)(H,32,37)(H,33,39)(H,40,41). The maximum Gasteiger partial charge on any atom is 0.326 e. The number of primary amides is 1. The third-order valence-electron chi connectivity index (χ3n) is 6.28. The molecule has 4 amide bonds. The van der Waals surface area contributed by atoms with E-state index in [1.807, 2.05) is 0 Å². The van der Waals surface area contributed by atoms with Crippen molar-refractivity contribution in [2.24, 2.45) is 11.5 Å². The molecule has 228 valence electrons. The number of aliphatic carboxylic acids is 1. The van der Waals surface area contributed by atoms with Gasteiger partial charge in [-0.05, 0) is 60.2 Å². The molecule has 14 heteroatoms. The minimum Gasteiger partial charge on any atom is -0.508 e. The lowest BCUT2D eigenvalue weighted by Crippen LogP contribution is -2.58. The fraction of sp³-hybridized carbons (Fsp3) is 0.393. The van der Waals surface area contributed by atoms with Gasteiger partial charge in [-0.25, -0.2) is 4.79 Å². The van der Waals surface area contributed by atoms with Gasteiger partial charge in [0.15, 0.2) is 0 Å². The Bertz CT molecular complexity index is 1230. The molecule has 0 fully saturated rings. The second-order valence-corrected chi connectivity index (χ2v) is 10.6. The van der Waals surface area contributed by atoms with Gasteiger partial charge in [-0.2, -0.15) is 11.8 Å². The van der Waals surface area contributed by atoms with E-state index in [1.165, 1.54) is 36.0 Å². The van der Waals surface area contributed by atoms with Gasteiger partial charge < -0.3 is 42.7 Å². The summed E-state index contributed by atoms with van der Waals surface area (Å²) in [4.78, 5) is 62.5. The molecule has 0 bridgehead atoms. The number of rotatable bonds is 17. The van der Waals surface area contributed by atoms with Crippen LogP contribution in [0.25, 0.3) is 0 Å². The van der Waals surface area contributed by atoms with Crippen LogP contribution in [0.1, 0.15) is 30.4 Å². The van der Waals surface area contributed by atoms with Crippen LogP contribution in [0.5, 0.6) is 11.5 Å². The van der Waals surface area contributed by atoms with Crippen LogP contribution in [0.2, 0.25) is 0 Å². The van der Waals surface area contributed by atoms with Crippen LogP contribution in [0.15, 0.2) is 48.5 Å². The quantitative estimate of drug-likeness (QED) is 0.118. The number of thioether (sulfide) groups is 1. The maximum absolute atomic E-state index is 13.6. The fourth-order valence-electron chi connectivity index (χ4n) is 3.90. The van der Waals surface area contributed by atoms with Gasteiger partial charge in [-0.3, -0.25) is 19.2 Å². The first-order valence-corrected chi connectivity index (χ1v) is 14.5. The summed E-state index contributed by atoms with van der Waals surface area (Å²) in [6.45, 7) is 0. The van der Waals surface area contributed by atoms with Crippen LogP contribution >= 0.6 is 11.8 Å². The highest BCUT2D eigenvalue weighted by Crippen LogP contribution is 2.14. The van der Waals surface area contributed by atoms with E-state index < -0.39 is 53.8 Å². The minimum atomic E-state index is -1.25. The molecular formula is C28H37N5O8S. The van der Waals surface area contributed by atoms with Crippen molar-refractivity contribution in [1.29, 1.82) is 0 Å². The van der Waals surface area contributed by atoms with Crippen LogP contribution < -0.4 is 27.4 Å². The van der Waals surface area contributed by atoms with Gasteiger partial charge >= 0.3 is 5.97 Å². The highest BCUT2D eigenvalue weighted by Gasteiger charge is 2.30. The van der Waals surface area contributed by atoms with Gasteiger partial charge in [0.2, 0.25) is 23.6 Å². The molecular weight excluding hydrogens is 566 g/mol. The average Bonchev–Trinajstić information content (AvgIpc) is 2.94. The van der Waals surface area contributed by atoms with E-state index in [0.29, 0.717) is 16.9 Å². The van der Waals surface area contributed by atoms with Crippen molar-refractivity contribution < 1.29 is 39.3 Å². The van der Waals surface area contributed by atoms with E-state index >= 15 is 0 Å². The minimum absolute atomic E-state index is 0.00245. The Morgan fingerprint density at radius 1 is 0.738 bits per heavy atom. The van der Waals surface area contributed by atoms with E-state index in [1.54, 1.807) is 30.5 Å². The summed E-state index contributed by atoms with van der Waals surface area (Å²) in [6, 6.07) is 7.03. The largest absolute Gasteiger partial charge is 0.508 e. The summed E-state index contributed by atoms with van der Waals surface area (Å²) in [5.74, 6) is -3.63. The third-order valence-corrected chi connectivity index (χ3v) is 6.93. The molecule has 0 spiro atoms.